The fraction of sp³-hybridized carbons (Fsp3) is 0.250. The van der Waals surface area contributed by atoms with Crippen LogP contribution >= 0.6 is 11.6 Å². The van der Waals surface area contributed by atoms with Gasteiger partial charge >= 0.3 is 0 Å². The molecule has 0 bridgehead atoms. The minimum atomic E-state index is -0.149. The van der Waals surface area contributed by atoms with E-state index in [1.165, 1.54) is 18.4 Å². The van der Waals surface area contributed by atoms with Crippen molar-refractivity contribution in [1.29, 1.82) is 0 Å². The van der Waals surface area contributed by atoms with E-state index in [1.54, 1.807) is 6.08 Å². The molecule has 0 unspecified atom stereocenters. The molecule has 0 atom stereocenters. The summed E-state index contributed by atoms with van der Waals surface area (Å²) in [5.41, 5.74) is 5.22. The molecule has 3 aromatic carbocycles. The van der Waals surface area contributed by atoms with Gasteiger partial charge in [0, 0.05) is 29.4 Å². The Balaban J connectivity index is 1.28. The van der Waals surface area contributed by atoms with Gasteiger partial charge in [-0.2, -0.15) is 0 Å². The van der Waals surface area contributed by atoms with E-state index in [2.05, 4.69) is 46.8 Å². The zero-order valence-corrected chi connectivity index (χ0v) is 19.7. The van der Waals surface area contributed by atoms with Crippen molar-refractivity contribution in [3.05, 3.63) is 95.0 Å². The topological polar surface area (TPSA) is 44.4 Å². The van der Waals surface area contributed by atoms with Gasteiger partial charge in [-0.1, -0.05) is 60.1 Å². The molecule has 33 heavy (non-hydrogen) atoms. The van der Waals surface area contributed by atoms with E-state index in [4.69, 9.17) is 11.6 Å². The lowest BCUT2D eigenvalue weighted by atomic mass is 10.0. The summed E-state index contributed by atoms with van der Waals surface area (Å²) in [6, 6.07) is 24.6. The number of carbonyl (C=O) groups excluding carboxylic acids is 1. The van der Waals surface area contributed by atoms with Crippen LogP contribution in [0.2, 0.25) is 5.02 Å². The molecule has 1 aliphatic rings. The van der Waals surface area contributed by atoms with Crippen LogP contribution in [-0.4, -0.2) is 37.0 Å². The fourth-order valence-corrected chi connectivity index (χ4v) is 4.27. The number of hydrogen-bond acceptors (Lipinski definition) is 3. The van der Waals surface area contributed by atoms with E-state index < -0.39 is 0 Å². The van der Waals surface area contributed by atoms with E-state index in [1.807, 2.05) is 54.6 Å². The minimum absolute atomic E-state index is 0.149. The minimum Gasteiger partial charge on any atom is -0.323 e. The van der Waals surface area contributed by atoms with Crippen molar-refractivity contribution >= 4 is 29.3 Å². The monoisotopic (exact) mass is 459 g/mol. The average Bonchev–Trinajstić information content (AvgIpc) is 2.85. The molecule has 1 heterocycles. The quantitative estimate of drug-likeness (QED) is 0.436. The van der Waals surface area contributed by atoms with Gasteiger partial charge in [-0.3, -0.25) is 9.69 Å². The number of nitrogens with zero attached hydrogens (tertiary/aromatic N) is 1. The molecule has 1 saturated heterocycles. The molecule has 1 fully saturated rings. The Bertz CT molecular complexity index is 1070. The molecule has 0 radical (unpaired) electrons. The van der Waals surface area contributed by atoms with Gasteiger partial charge in [-0.05, 0) is 85.6 Å². The van der Waals surface area contributed by atoms with Gasteiger partial charge in [-0.15, -0.1) is 0 Å². The maximum Gasteiger partial charge on any atom is 0.248 e. The Morgan fingerprint density at radius 1 is 0.970 bits per heavy atom. The fourth-order valence-electron chi connectivity index (χ4n) is 4.14. The number of amides is 1. The van der Waals surface area contributed by atoms with Crippen molar-refractivity contribution in [3.63, 3.8) is 0 Å². The molecule has 5 heteroatoms. The molecule has 0 spiro atoms. The van der Waals surface area contributed by atoms with Crippen molar-refractivity contribution in [2.45, 2.75) is 25.4 Å². The van der Waals surface area contributed by atoms with Gasteiger partial charge < -0.3 is 10.6 Å². The molecular weight excluding hydrogens is 430 g/mol. The SMILES string of the molecule is CN(Cc1ccc(/C=C/C(=O)Nc2ccc(-c3ccc(Cl)cc3)cc2)cc1)C1CCNCC1. The molecule has 0 saturated carbocycles. The van der Waals surface area contributed by atoms with Crippen LogP contribution in [0.5, 0.6) is 0 Å². The van der Waals surface area contributed by atoms with Crippen molar-refractivity contribution in [2.75, 3.05) is 25.5 Å². The van der Waals surface area contributed by atoms with Gasteiger partial charge in [0.2, 0.25) is 5.91 Å². The number of carbonyl (C=O) groups is 1. The van der Waals surface area contributed by atoms with Crippen molar-refractivity contribution in [3.8, 4) is 11.1 Å². The number of nitrogens with one attached hydrogen (secondary N) is 2. The lowest BCUT2D eigenvalue weighted by molar-refractivity contribution is -0.111. The van der Waals surface area contributed by atoms with E-state index in [0.717, 1.165) is 42.0 Å². The highest BCUT2D eigenvalue weighted by Crippen LogP contribution is 2.23. The molecule has 4 nitrogen and oxygen atoms in total. The molecule has 4 rings (SSSR count). The highest BCUT2D eigenvalue weighted by Gasteiger charge is 2.17. The Morgan fingerprint density at radius 3 is 2.21 bits per heavy atom. The Hall–Kier alpha value is -2.92. The van der Waals surface area contributed by atoms with Crippen LogP contribution in [0.15, 0.2) is 78.9 Å². The molecule has 3 aromatic rings. The number of rotatable bonds is 7. The third-order valence-corrected chi connectivity index (χ3v) is 6.35. The second-order valence-corrected chi connectivity index (χ2v) is 8.98. The Kier molecular flexibility index (Phi) is 7.95. The number of piperidine rings is 1. The third-order valence-electron chi connectivity index (χ3n) is 6.10. The van der Waals surface area contributed by atoms with Crippen molar-refractivity contribution in [1.82, 2.24) is 10.2 Å². The number of halogens is 1. The first kappa shape index (κ1) is 23.2. The Morgan fingerprint density at radius 2 is 1.58 bits per heavy atom. The predicted molar refractivity (Wildman–Crippen MR) is 138 cm³/mol. The predicted octanol–water partition coefficient (Wildman–Crippen LogP) is 5.84. The number of hydrogen-bond donors (Lipinski definition) is 2. The van der Waals surface area contributed by atoms with Crippen LogP contribution in [-0.2, 0) is 11.3 Å². The molecule has 1 aliphatic heterocycles. The summed E-state index contributed by atoms with van der Waals surface area (Å²) in [4.78, 5) is 14.8. The van der Waals surface area contributed by atoms with E-state index in [9.17, 15) is 4.79 Å². The standard InChI is InChI=1S/C28H30ClN3O/c1-32(27-16-18-30-19-17-27)20-22-4-2-21(3-5-22)6-15-28(33)31-26-13-9-24(10-14-26)23-7-11-25(29)12-8-23/h2-15,27,30H,16-20H2,1H3,(H,31,33)/b15-6+. The molecule has 170 valence electrons. The van der Waals surface area contributed by atoms with Crippen molar-refractivity contribution in [2.24, 2.45) is 0 Å². The van der Waals surface area contributed by atoms with Crippen LogP contribution in [0.25, 0.3) is 17.2 Å². The van der Waals surface area contributed by atoms with Crippen LogP contribution in [0, 0.1) is 0 Å². The molecule has 2 N–H and O–H groups in total. The maximum absolute atomic E-state index is 12.3. The zero-order valence-electron chi connectivity index (χ0n) is 18.9. The summed E-state index contributed by atoms with van der Waals surface area (Å²) in [5, 5.41) is 7.05. The summed E-state index contributed by atoms with van der Waals surface area (Å²) in [6.45, 7) is 3.15. The van der Waals surface area contributed by atoms with Crippen LogP contribution in [0.4, 0.5) is 5.69 Å². The number of anilines is 1. The highest BCUT2D eigenvalue weighted by atomic mass is 35.5. The van der Waals surface area contributed by atoms with E-state index in [0.29, 0.717) is 11.1 Å². The largest absolute Gasteiger partial charge is 0.323 e. The van der Waals surface area contributed by atoms with Gasteiger partial charge in [0.1, 0.15) is 0 Å². The molecule has 0 aliphatic carbocycles. The lowest BCUT2D eigenvalue weighted by Crippen LogP contribution is -2.40. The summed E-state index contributed by atoms with van der Waals surface area (Å²) < 4.78 is 0. The Labute approximate surface area is 201 Å². The third kappa shape index (κ3) is 6.78. The first-order chi connectivity index (χ1) is 16.1. The molecule has 1 amide bonds. The van der Waals surface area contributed by atoms with Gasteiger partial charge in [0.15, 0.2) is 0 Å². The second-order valence-electron chi connectivity index (χ2n) is 8.54. The average molecular weight is 460 g/mol. The number of benzene rings is 3. The van der Waals surface area contributed by atoms with E-state index >= 15 is 0 Å². The van der Waals surface area contributed by atoms with Gasteiger partial charge in [0.05, 0.1) is 0 Å². The zero-order chi connectivity index (χ0) is 23.0. The first-order valence-corrected chi connectivity index (χ1v) is 11.8. The van der Waals surface area contributed by atoms with Crippen LogP contribution < -0.4 is 10.6 Å². The first-order valence-electron chi connectivity index (χ1n) is 11.4. The summed E-state index contributed by atoms with van der Waals surface area (Å²) in [7, 11) is 2.20. The van der Waals surface area contributed by atoms with Gasteiger partial charge in [-0.25, -0.2) is 0 Å². The smallest absolute Gasteiger partial charge is 0.248 e. The summed E-state index contributed by atoms with van der Waals surface area (Å²) in [6.07, 6.45) is 5.83. The molecular formula is C28H30ClN3O. The van der Waals surface area contributed by atoms with E-state index in [-0.39, 0.29) is 5.91 Å². The van der Waals surface area contributed by atoms with Crippen LogP contribution in [0.3, 0.4) is 0 Å². The maximum atomic E-state index is 12.3. The molecule has 0 aromatic heterocycles. The van der Waals surface area contributed by atoms with Gasteiger partial charge in [0.25, 0.3) is 0 Å². The summed E-state index contributed by atoms with van der Waals surface area (Å²) in [5.74, 6) is -0.149. The highest BCUT2D eigenvalue weighted by molar-refractivity contribution is 6.30. The normalized spacial score (nSPS) is 14.6. The lowest BCUT2D eigenvalue weighted by Gasteiger charge is -2.31. The summed E-state index contributed by atoms with van der Waals surface area (Å²) >= 11 is 5.95. The second kappa shape index (κ2) is 11.3. The van der Waals surface area contributed by atoms with Crippen LogP contribution in [0.1, 0.15) is 24.0 Å². The van der Waals surface area contributed by atoms with Crippen molar-refractivity contribution < 1.29 is 4.79 Å².